The Kier molecular flexibility index (Phi) is 5.34. The number of anilines is 1. The van der Waals surface area contributed by atoms with Gasteiger partial charge in [-0.05, 0) is 57.8 Å². The summed E-state index contributed by atoms with van der Waals surface area (Å²) in [7, 11) is 0. The third-order valence-corrected chi connectivity index (χ3v) is 6.91. The van der Waals surface area contributed by atoms with E-state index in [-0.39, 0.29) is 5.54 Å². The summed E-state index contributed by atoms with van der Waals surface area (Å²) >= 11 is 0. The number of nitriles is 1. The topological polar surface area (TPSA) is 124 Å². The number of nitrogens with two attached hydrogens (primary N) is 1. The van der Waals surface area contributed by atoms with Crippen LogP contribution in [0.1, 0.15) is 38.5 Å². The molecule has 3 aromatic heterocycles. The van der Waals surface area contributed by atoms with E-state index in [0.29, 0.717) is 18.3 Å². The maximum atomic E-state index is 9.76. The first kappa shape index (κ1) is 20.0. The van der Waals surface area contributed by atoms with Crippen LogP contribution in [-0.4, -0.2) is 61.9 Å². The Bertz CT molecular complexity index is 1090. The molecule has 5 rings (SSSR count). The van der Waals surface area contributed by atoms with E-state index in [1.807, 2.05) is 23.1 Å². The summed E-state index contributed by atoms with van der Waals surface area (Å²) in [5, 5.41) is 18.9. The molecule has 0 aromatic carbocycles. The number of piperidine rings is 1. The summed E-state index contributed by atoms with van der Waals surface area (Å²) < 4.78 is 1.97. The van der Waals surface area contributed by atoms with Crippen molar-refractivity contribution in [2.24, 2.45) is 0 Å². The number of hydrogen-bond acceptors (Lipinski definition) is 7. The van der Waals surface area contributed by atoms with Crippen molar-refractivity contribution in [2.45, 2.75) is 50.1 Å². The first-order valence-electron chi connectivity index (χ1n) is 11.2. The lowest BCUT2D eigenvalue weighted by Crippen LogP contribution is -2.50. The zero-order valence-corrected chi connectivity index (χ0v) is 17.7. The zero-order chi connectivity index (χ0) is 21.3. The molecule has 9 heteroatoms. The maximum absolute atomic E-state index is 9.76. The van der Waals surface area contributed by atoms with Crippen LogP contribution in [0.15, 0.2) is 24.8 Å². The number of H-pyrrole nitrogens is 1. The van der Waals surface area contributed by atoms with Crippen LogP contribution in [-0.2, 0) is 5.54 Å². The number of nitrogens with zero attached hydrogens (tertiary/aromatic N) is 6. The Labute approximate surface area is 181 Å². The minimum atomic E-state index is -0.382. The molecule has 0 bridgehead atoms. The van der Waals surface area contributed by atoms with Crippen molar-refractivity contribution in [3.05, 3.63) is 24.8 Å². The Hall–Kier alpha value is -2.96. The molecule has 0 amide bonds. The van der Waals surface area contributed by atoms with Gasteiger partial charge in [-0.2, -0.15) is 10.4 Å². The Balaban J connectivity index is 1.53. The molecule has 2 aliphatic rings. The van der Waals surface area contributed by atoms with Gasteiger partial charge in [0.1, 0.15) is 12.0 Å². The van der Waals surface area contributed by atoms with Crippen LogP contribution in [0.2, 0.25) is 0 Å². The van der Waals surface area contributed by atoms with Gasteiger partial charge in [0.2, 0.25) is 0 Å². The van der Waals surface area contributed by atoms with E-state index < -0.39 is 0 Å². The molecule has 0 radical (unpaired) electrons. The highest BCUT2D eigenvalue weighted by Gasteiger charge is 2.39. The fourth-order valence-electron chi connectivity index (χ4n) is 5.25. The smallest absolute Gasteiger partial charge is 0.154 e. The van der Waals surface area contributed by atoms with E-state index in [0.717, 1.165) is 80.6 Å². The van der Waals surface area contributed by atoms with Crippen LogP contribution in [0.25, 0.3) is 22.3 Å². The van der Waals surface area contributed by atoms with Crippen molar-refractivity contribution in [2.75, 3.05) is 31.9 Å². The maximum Gasteiger partial charge on any atom is 0.154 e. The van der Waals surface area contributed by atoms with Gasteiger partial charge in [-0.3, -0.25) is 9.58 Å². The molecular weight excluding hydrogens is 390 g/mol. The third kappa shape index (κ3) is 3.66. The SMILES string of the molecule is N#CCC1(n2cc(-c3ncnc4[nH]ccc34)c(N)n2)CCCCN(C2CCNCC2)C1. The van der Waals surface area contributed by atoms with Crippen LogP contribution in [0, 0.1) is 11.3 Å². The zero-order valence-electron chi connectivity index (χ0n) is 17.7. The van der Waals surface area contributed by atoms with Crippen molar-refractivity contribution in [3.8, 4) is 17.3 Å². The molecule has 31 heavy (non-hydrogen) atoms. The fourth-order valence-corrected chi connectivity index (χ4v) is 5.25. The van der Waals surface area contributed by atoms with E-state index >= 15 is 0 Å². The number of aromatic nitrogens is 5. The van der Waals surface area contributed by atoms with Gasteiger partial charge in [-0.1, -0.05) is 0 Å². The van der Waals surface area contributed by atoms with Crippen LogP contribution < -0.4 is 11.1 Å². The van der Waals surface area contributed by atoms with Crippen molar-refractivity contribution >= 4 is 16.9 Å². The van der Waals surface area contributed by atoms with E-state index in [2.05, 4.69) is 31.2 Å². The monoisotopic (exact) mass is 419 g/mol. The molecule has 2 fully saturated rings. The highest BCUT2D eigenvalue weighted by molar-refractivity contribution is 5.92. The van der Waals surface area contributed by atoms with E-state index in [1.54, 1.807) is 6.33 Å². The van der Waals surface area contributed by atoms with E-state index in [9.17, 15) is 5.26 Å². The van der Waals surface area contributed by atoms with Gasteiger partial charge in [0.25, 0.3) is 0 Å². The Morgan fingerprint density at radius 1 is 1.26 bits per heavy atom. The summed E-state index contributed by atoms with van der Waals surface area (Å²) in [5.74, 6) is 0.441. The van der Waals surface area contributed by atoms with E-state index in [4.69, 9.17) is 10.8 Å². The number of fused-ring (bicyclic) bond motifs is 1. The van der Waals surface area contributed by atoms with Gasteiger partial charge >= 0.3 is 0 Å². The summed E-state index contributed by atoms with van der Waals surface area (Å²) in [5.41, 5.74) is 8.36. The molecule has 2 aliphatic heterocycles. The van der Waals surface area contributed by atoms with Gasteiger partial charge in [0.15, 0.2) is 5.82 Å². The number of nitrogens with one attached hydrogen (secondary N) is 2. The molecule has 0 aliphatic carbocycles. The molecule has 2 saturated heterocycles. The van der Waals surface area contributed by atoms with Gasteiger partial charge in [0.05, 0.1) is 29.3 Å². The molecule has 1 atom stereocenters. The Morgan fingerprint density at radius 3 is 2.97 bits per heavy atom. The summed E-state index contributed by atoms with van der Waals surface area (Å²) in [6.45, 7) is 4.03. The van der Waals surface area contributed by atoms with Gasteiger partial charge in [-0.25, -0.2) is 9.97 Å². The highest BCUT2D eigenvalue weighted by Crippen LogP contribution is 2.36. The predicted octanol–water partition coefficient (Wildman–Crippen LogP) is 2.25. The standard InChI is InChI=1S/C22H29N9/c23-8-7-22(6-1-2-12-30(14-22)16-3-9-25-10-4-16)31-13-18(20(24)29-31)19-17-5-11-26-21(17)28-15-27-19/h5,11,13,15-16,25H,1-4,6-7,9-10,12,14H2,(H2,24,29)(H,26,27,28). The molecule has 5 heterocycles. The van der Waals surface area contributed by atoms with Crippen LogP contribution in [0.5, 0.6) is 0 Å². The average Bonchev–Trinajstić information content (AvgIpc) is 3.37. The second kappa shape index (κ2) is 8.29. The van der Waals surface area contributed by atoms with Gasteiger partial charge in [0, 0.05) is 30.4 Å². The van der Waals surface area contributed by atoms with E-state index in [1.165, 1.54) is 0 Å². The highest BCUT2D eigenvalue weighted by atomic mass is 15.4. The molecule has 162 valence electrons. The number of hydrogen-bond donors (Lipinski definition) is 3. The fraction of sp³-hybridized carbons (Fsp3) is 0.545. The van der Waals surface area contributed by atoms with Crippen molar-refractivity contribution in [1.29, 1.82) is 5.26 Å². The molecule has 4 N–H and O–H groups in total. The minimum Gasteiger partial charge on any atom is -0.382 e. The lowest BCUT2D eigenvalue weighted by atomic mass is 9.89. The number of aromatic amines is 1. The molecule has 1 unspecified atom stereocenters. The van der Waals surface area contributed by atoms with Crippen LogP contribution in [0.4, 0.5) is 5.82 Å². The molecule has 9 nitrogen and oxygen atoms in total. The quantitative estimate of drug-likeness (QED) is 0.592. The van der Waals surface area contributed by atoms with Gasteiger partial charge < -0.3 is 16.0 Å². The van der Waals surface area contributed by atoms with Crippen LogP contribution in [0.3, 0.4) is 0 Å². The van der Waals surface area contributed by atoms with Crippen molar-refractivity contribution in [3.63, 3.8) is 0 Å². The second-order valence-electron chi connectivity index (χ2n) is 8.80. The molecular formula is C22H29N9. The minimum absolute atomic E-state index is 0.382. The predicted molar refractivity (Wildman–Crippen MR) is 119 cm³/mol. The molecule has 0 saturated carbocycles. The summed E-state index contributed by atoms with van der Waals surface area (Å²) in [4.78, 5) is 14.5. The second-order valence-corrected chi connectivity index (χ2v) is 8.80. The lowest BCUT2D eigenvalue weighted by molar-refractivity contribution is 0.102. The Morgan fingerprint density at radius 2 is 2.13 bits per heavy atom. The number of rotatable bonds is 4. The van der Waals surface area contributed by atoms with Crippen molar-refractivity contribution in [1.82, 2.24) is 34.9 Å². The normalized spacial score (nSPS) is 23.6. The average molecular weight is 420 g/mol. The summed E-state index contributed by atoms with van der Waals surface area (Å²) in [6.07, 6.45) is 11.3. The number of likely N-dealkylation sites (tertiary alicyclic amines) is 1. The first-order chi connectivity index (χ1) is 15.2. The molecule has 0 spiro atoms. The summed E-state index contributed by atoms with van der Waals surface area (Å²) in [6, 6.07) is 4.97. The largest absolute Gasteiger partial charge is 0.382 e. The third-order valence-electron chi connectivity index (χ3n) is 6.91. The molecule has 3 aromatic rings. The lowest BCUT2D eigenvalue weighted by Gasteiger charge is -2.40. The van der Waals surface area contributed by atoms with Crippen molar-refractivity contribution < 1.29 is 0 Å². The van der Waals surface area contributed by atoms with Gasteiger partial charge in [-0.15, -0.1) is 0 Å². The number of nitrogen functional groups attached to an aromatic ring is 1. The van der Waals surface area contributed by atoms with Crippen LogP contribution >= 0.6 is 0 Å². The first-order valence-corrected chi connectivity index (χ1v) is 11.2.